The molecule has 0 aliphatic carbocycles. The zero-order chi connectivity index (χ0) is 8.97. The van der Waals surface area contributed by atoms with E-state index in [2.05, 4.69) is 4.98 Å². The standard InChI is InChI=1S/C8H11FN2O/c1-12-5-7(10)6-2-3-8(9)11-4-6/h2-4,7H,5,10H2,1H3/t7-/m0/s1. The van der Waals surface area contributed by atoms with E-state index in [0.29, 0.717) is 6.61 Å². The highest BCUT2D eigenvalue weighted by Gasteiger charge is 2.04. The van der Waals surface area contributed by atoms with Crippen LogP contribution in [0.2, 0.25) is 0 Å². The lowest BCUT2D eigenvalue weighted by Gasteiger charge is -2.09. The molecule has 1 aromatic heterocycles. The van der Waals surface area contributed by atoms with Crippen LogP contribution in [0.1, 0.15) is 11.6 Å². The van der Waals surface area contributed by atoms with Crippen molar-refractivity contribution in [2.45, 2.75) is 6.04 Å². The summed E-state index contributed by atoms with van der Waals surface area (Å²) in [6, 6.07) is 2.65. The van der Waals surface area contributed by atoms with Crippen molar-refractivity contribution in [2.75, 3.05) is 13.7 Å². The minimum absolute atomic E-state index is 0.233. The molecule has 0 saturated carbocycles. The van der Waals surface area contributed by atoms with Crippen LogP contribution in [0.5, 0.6) is 0 Å². The number of nitrogens with two attached hydrogens (primary N) is 1. The first kappa shape index (κ1) is 9.09. The van der Waals surface area contributed by atoms with Crippen LogP contribution in [0, 0.1) is 5.95 Å². The number of hydrogen-bond donors (Lipinski definition) is 1. The van der Waals surface area contributed by atoms with Crippen LogP contribution in [0.15, 0.2) is 18.3 Å². The average molecular weight is 170 g/mol. The molecule has 2 N–H and O–H groups in total. The predicted octanol–water partition coefficient (Wildman–Crippen LogP) is 0.867. The first-order chi connectivity index (χ1) is 5.74. The number of rotatable bonds is 3. The predicted molar refractivity (Wildman–Crippen MR) is 43.0 cm³/mol. The zero-order valence-electron chi connectivity index (χ0n) is 6.83. The Morgan fingerprint density at radius 3 is 2.92 bits per heavy atom. The number of aromatic nitrogens is 1. The van der Waals surface area contributed by atoms with Gasteiger partial charge in [-0.25, -0.2) is 4.98 Å². The summed E-state index contributed by atoms with van der Waals surface area (Å²) in [5.74, 6) is -0.497. The molecule has 0 radical (unpaired) electrons. The highest BCUT2D eigenvalue weighted by atomic mass is 19.1. The second-order valence-electron chi connectivity index (χ2n) is 2.48. The van der Waals surface area contributed by atoms with E-state index in [-0.39, 0.29) is 6.04 Å². The fourth-order valence-corrected chi connectivity index (χ4v) is 0.882. The lowest BCUT2D eigenvalue weighted by Crippen LogP contribution is -2.16. The number of nitrogens with zero attached hydrogens (tertiary/aromatic N) is 1. The first-order valence-corrected chi connectivity index (χ1v) is 3.60. The zero-order valence-corrected chi connectivity index (χ0v) is 6.83. The SMILES string of the molecule is COC[C@H](N)c1ccc(F)nc1. The molecule has 1 atom stereocenters. The summed E-state index contributed by atoms with van der Waals surface area (Å²) in [5, 5.41) is 0. The summed E-state index contributed by atoms with van der Waals surface area (Å²) in [6.07, 6.45) is 1.42. The molecular formula is C8H11FN2O. The van der Waals surface area contributed by atoms with Gasteiger partial charge in [0.25, 0.3) is 0 Å². The van der Waals surface area contributed by atoms with Gasteiger partial charge in [-0.15, -0.1) is 0 Å². The third-order valence-corrected chi connectivity index (χ3v) is 1.52. The van der Waals surface area contributed by atoms with Crippen molar-refractivity contribution in [2.24, 2.45) is 5.73 Å². The monoisotopic (exact) mass is 170 g/mol. The summed E-state index contributed by atoms with van der Waals surface area (Å²) >= 11 is 0. The molecule has 1 rings (SSSR count). The Hall–Kier alpha value is -1.00. The van der Waals surface area contributed by atoms with Gasteiger partial charge in [0.05, 0.1) is 12.6 Å². The number of methoxy groups -OCH3 is 1. The molecule has 3 nitrogen and oxygen atoms in total. The van der Waals surface area contributed by atoms with E-state index in [1.807, 2.05) is 0 Å². The van der Waals surface area contributed by atoms with Crippen LogP contribution in [0.3, 0.4) is 0 Å². The lowest BCUT2D eigenvalue weighted by atomic mass is 10.1. The molecule has 0 fully saturated rings. The summed E-state index contributed by atoms with van der Waals surface area (Å²) in [6.45, 7) is 0.410. The van der Waals surface area contributed by atoms with Gasteiger partial charge in [0.15, 0.2) is 0 Å². The van der Waals surface area contributed by atoms with Crippen molar-refractivity contribution in [3.63, 3.8) is 0 Å². The van der Waals surface area contributed by atoms with Crippen molar-refractivity contribution in [1.29, 1.82) is 0 Å². The molecule has 0 aromatic carbocycles. The number of hydrogen-bond acceptors (Lipinski definition) is 3. The third-order valence-electron chi connectivity index (χ3n) is 1.52. The molecule has 0 bridgehead atoms. The molecule has 1 aromatic rings. The summed E-state index contributed by atoms with van der Waals surface area (Å²) < 4.78 is 17.2. The fraction of sp³-hybridized carbons (Fsp3) is 0.375. The van der Waals surface area contributed by atoms with Gasteiger partial charge in [0.2, 0.25) is 5.95 Å². The Morgan fingerprint density at radius 2 is 2.42 bits per heavy atom. The average Bonchev–Trinajstić information content (AvgIpc) is 2.06. The molecule has 4 heteroatoms. The van der Waals surface area contributed by atoms with E-state index in [9.17, 15) is 4.39 Å². The van der Waals surface area contributed by atoms with Gasteiger partial charge in [-0.05, 0) is 11.6 Å². The van der Waals surface area contributed by atoms with Gasteiger partial charge in [-0.2, -0.15) is 4.39 Å². The van der Waals surface area contributed by atoms with Crippen molar-refractivity contribution in [3.05, 3.63) is 29.8 Å². The maximum Gasteiger partial charge on any atom is 0.212 e. The quantitative estimate of drug-likeness (QED) is 0.684. The Morgan fingerprint density at radius 1 is 1.67 bits per heavy atom. The fourth-order valence-electron chi connectivity index (χ4n) is 0.882. The lowest BCUT2D eigenvalue weighted by molar-refractivity contribution is 0.180. The molecule has 0 unspecified atom stereocenters. The summed E-state index contributed by atoms with van der Waals surface area (Å²) in [4.78, 5) is 3.48. The highest BCUT2D eigenvalue weighted by molar-refractivity contribution is 5.13. The van der Waals surface area contributed by atoms with Gasteiger partial charge < -0.3 is 10.5 Å². The molecule has 0 spiro atoms. The van der Waals surface area contributed by atoms with E-state index in [1.165, 1.54) is 12.3 Å². The number of ether oxygens (including phenoxy) is 1. The van der Waals surface area contributed by atoms with Crippen molar-refractivity contribution < 1.29 is 9.13 Å². The number of pyridine rings is 1. The van der Waals surface area contributed by atoms with E-state index in [0.717, 1.165) is 5.56 Å². The molecule has 12 heavy (non-hydrogen) atoms. The van der Waals surface area contributed by atoms with Crippen LogP contribution in [0.25, 0.3) is 0 Å². The smallest absolute Gasteiger partial charge is 0.212 e. The maximum absolute atomic E-state index is 12.4. The molecular weight excluding hydrogens is 159 g/mol. The first-order valence-electron chi connectivity index (χ1n) is 3.60. The molecule has 0 amide bonds. The highest BCUT2D eigenvalue weighted by Crippen LogP contribution is 2.08. The maximum atomic E-state index is 12.4. The second kappa shape index (κ2) is 4.13. The van der Waals surface area contributed by atoms with Crippen LogP contribution in [-0.4, -0.2) is 18.7 Å². The minimum atomic E-state index is -0.497. The van der Waals surface area contributed by atoms with Crippen LogP contribution in [-0.2, 0) is 4.74 Å². The van der Waals surface area contributed by atoms with E-state index >= 15 is 0 Å². The van der Waals surface area contributed by atoms with Gasteiger partial charge in [0, 0.05) is 13.3 Å². The van der Waals surface area contributed by atoms with E-state index in [1.54, 1.807) is 13.2 Å². The topological polar surface area (TPSA) is 48.1 Å². The van der Waals surface area contributed by atoms with Gasteiger partial charge in [-0.1, -0.05) is 6.07 Å². The second-order valence-corrected chi connectivity index (χ2v) is 2.48. The van der Waals surface area contributed by atoms with E-state index in [4.69, 9.17) is 10.5 Å². The minimum Gasteiger partial charge on any atom is -0.383 e. The van der Waals surface area contributed by atoms with Crippen molar-refractivity contribution in [3.8, 4) is 0 Å². The molecule has 1 heterocycles. The Balaban J connectivity index is 2.68. The van der Waals surface area contributed by atoms with Gasteiger partial charge in [-0.3, -0.25) is 0 Å². The number of halogens is 1. The Labute approximate surface area is 70.4 Å². The van der Waals surface area contributed by atoms with Gasteiger partial charge in [0.1, 0.15) is 0 Å². The van der Waals surface area contributed by atoms with E-state index < -0.39 is 5.95 Å². The normalized spacial score (nSPS) is 12.9. The van der Waals surface area contributed by atoms with Gasteiger partial charge >= 0.3 is 0 Å². The molecule has 0 aliphatic heterocycles. The van der Waals surface area contributed by atoms with Crippen molar-refractivity contribution in [1.82, 2.24) is 4.98 Å². The van der Waals surface area contributed by atoms with Crippen molar-refractivity contribution >= 4 is 0 Å². The largest absolute Gasteiger partial charge is 0.383 e. The summed E-state index contributed by atoms with van der Waals surface area (Å²) in [5.41, 5.74) is 6.44. The van der Waals surface area contributed by atoms with Crippen LogP contribution >= 0.6 is 0 Å². The third kappa shape index (κ3) is 2.25. The summed E-state index contributed by atoms with van der Waals surface area (Å²) in [7, 11) is 1.57. The molecule has 66 valence electrons. The van der Waals surface area contributed by atoms with Crippen LogP contribution < -0.4 is 5.73 Å². The molecule has 0 aliphatic rings. The Kier molecular flexibility index (Phi) is 3.13. The van der Waals surface area contributed by atoms with Crippen LogP contribution in [0.4, 0.5) is 4.39 Å². The molecule has 0 saturated heterocycles. The Bertz CT molecular complexity index is 237.